The van der Waals surface area contributed by atoms with Crippen LogP contribution in [-0.2, 0) is 0 Å². The maximum Gasteiger partial charge on any atom is 0.336 e. The Balaban J connectivity index is 2.01. The third kappa shape index (κ3) is 3.14. The van der Waals surface area contributed by atoms with Crippen molar-refractivity contribution in [3.05, 3.63) is 40.8 Å². The van der Waals surface area contributed by atoms with E-state index in [4.69, 9.17) is 15.6 Å². The van der Waals surface area contributed by atoms with Crippen LogP contribution >= 0.6 is 0 Å². The molecule has 0 N–H and O–H groups in total. The van der Waals surface area contributed by atoms with E-state index in [2.05, 4.69) is 5.92 Å². The third-order valence-electron chi connectivity index (χ3n) is 2.58. The Morgan fingerprint density at radius 1 is 1.22 bits per heavy atom. The van der Waals surface area contributed by atoms with Gasteiger partial charge < -0.3 is 9.15 Å². The summed E-state index contributed by atoms with van der Waals surface area (Å²) in [6.07, 6.45) is 7.81. The second kappa shape index (κ2) is 5.92. The summed E-state index contributed by atoms with van der Waals surface area (Å²) in [4.78, 5) is 11.1. The Hall–Kier alpha value is -2.21. The summed E-state index contributed by atoms with van der Waals surface area (Å²) in [5, 5.41) is 0.884. The molecule has 1 heterocycles. The Morgan fingerprint density at radius 2 is 2.06 bits per heavy atom. The molecule has 0 spiro atoms. The first-order chi connectivity index (χ1) is 8.79. The van der Waals surface area contributed by atoms with Gasteiger partial charge in [-0.3, -0.25) is 0 Å². The quantitative estimate of drug-likeness (QED) is 0.459. The first-order valence-corrected chi connectivity index (χ1v) is 5.90. The maximum absolute atomic E-state index is 11.1. The SMILES string of the molecule is C#CCCCCOc1ccc2ccc(=O)oc2c1. The minimum absolute atomic E-state index is 0.353. The lowest BCUT2D eigenvalue weighted by atomic mass is 10.2. The van der Waals surface area contributed by atoms with Crippen LogP contribution in [0.4, 0.5) is 0 Å². The van der Waals surface area contributed by atoms with Gasteiger partial charge in [-0.1, -0.05) is 0 Å². The Morgan fingerprint density at radius 3 is 2.89 bits per heavy atom. The first kappa shape index (κ1) is 12.3. The summed E-state index contributed by atoms with van der Waals surface area (Å²) >= 11 is 0. The number of benzene rings is 1. The minimum Gasteiger partial charge on any atom is -0.493 e. The van der Waals surface area contributed by atoms with Crippen LogP contribution in [0.3, 0.4) is 0 Å². The van der Waals surface area contributed by atoms with E-state index < -0.39 is 0 Å². The number of hydrogen-bond donors (Lipinski definition) is 0. The van der Waals surface area contributed by atoms with Crippen LogP contribution in [0, 0.1) is 12.3 Å². The van der Waals surface area contributed by atoms with Crippen LogP contribution < -0.4 is 10.4 Å². The predicted molar refractivity (Wildman–Crippen MR) is 70.7 cm³/mol. The fourth-order valence-electron chi connectivity index (χ4n) is 1.65. The average molecular weight is 242 g/mol. The maximum atomic E-state index is 11.1. The molecule has 0 saturated heterocycles. The summed E-state index contributed by atoms with van der Waals surface area (Å²) in [6.45, 7) is 0.615. The molecule has 3 heteroatoms. The molecular formula is C15H14O3. The number of ether oxygens (including phenoxy) is 1. The summed E-state index contributed by atoms with van der Waals surface area (Å²) in [7, 11) is 0. The average Bonchev–Trinajstić information content (AvgIpc) is 2.38. The van der Waals surface area contributed by atoms with Crippen molar-refractivity contribution in [3.8, 4) is 18.1 Å². The van der Waals surface area contributed by atoms with E-state index >= 15 is 0 Å². The van der Waals surface area contributed by atoms with E-state index in [1.165, 1.54) is 6.07 Å². The van der Waals surface area contributed by atoms with Gasteiger partial charge in [-0.2, -0.15) is 0 Å². The smallest absolute Gasteiger partial charge is 0.336 e. The second-order valence-electron chi connectivity index (χ2n) is 3.96. The monoisotopic (exact) mass is 242 g/mol. The molecule has 0 aliphatic rings. The molecule has 18 heavy (non-hydrogen) atoms. The molecule has 1 aromatic heterocycles. The molecule has 3 nitrogen and oxygen atoms in total. The molecule has 0 saturated carbocycles. The van der Waals surface area contributed by atoms with Gasteiger partial charge in [-0.05, 0) is 31.0 Å². The van der Waals surface area contributed by atoms with Crippen molar-refractivity contribution in [2.45, 2.75) is 19.3 Å². The summed E-state index contributed by atoms with van der Waals surface area (Å²) in [6, 6.07) is 8.61. The van der Waals surface area contributed by atoms with Gasteiger partial charge in [-0.15, -0.1) is 12.3 Å². The molecule has 0 fully saturated rings. The van der Waals surface area contributed by atoms with Crippen molar-refractivity contribution in [3.63, 3.8) is 0 Å². The van der Waals surface area contributed by atoms with Crippen LogP contribution in [0.1, 0.15) is 19.3 Å². The molecule has 92 valence electrons. The Labute approximate surface area is 105 Å². The normalized spacial score (nSPS) is 10.2. The molecule has 0 aliphatic heterocycles. The van der Waals surface area contributed by atoms with Gasteiger partial charge in [0.15, 0.2) is 0 Å². The van der Waals surface area contributed by atoms with Gasteiger partial charge >= 0.3 is 5.63 Å². The van der Waals surface area contributed by atoms with Crippen molar-refractivity contribution in [2.75, 3.05) is 6.61 Å². The first-order valence-electron chi connectivity index (χ1n) is 5.90. The molecule has 2 aromatic rings. The fourth-order valence-corrected chi connectivity index (χ4v) is 1.65. The van der Waals surface area contributed by atoms with Gasteiger partial charge in [0.05, 0.1) is 6.61 Å². The van der Waals surface area contributed by atoms with Gasteiger partial charge in [0, 0.05) is 23.9 Å². The van der Waals surface area contributed by atoms with Crippen molar-refractivity contribution in [1.29, 1.82) is 0 Å². The predicted octanol–water partition coefficient (Wildman–Crippen LogP) is 2.98. The Bertz CT molecular complexity index is 619. The highest BCUT2D eigenvalue weighted by Gasteiger charge is 2.00. The third-order valence-corrected chi connectivity index (χ3v) is 2.58. The fraction of sp³-hybridized carbons (Fsp3) is 0.267. The molecule has 0 unspecified atom stereocenters. The highest BCUT2D eigenvalue weighted by molar-refractivity contribution is 5.77. The summed E-state index contributed by atoms with van der Waals surface area (Å²) in [5.41, 5.74) is 0.192. The van der Waals surface area contributed by atoms with E-state index in [-0.39, 0.29) is 5.63 Å². The topological polar surface area (TPSA) is 39.4 Å². The van der Waals surface area contributed by atoms with Gasteiger partial charge in [0.1, 0.15) is 11.3 Å². The van der Waals surface area contributed by atoms with Crippen LogP contribution in [0.25, 0.3) is 11.0 Å². The van der Waals surface area contributed by atoms with Crippen molar-refractivity contribution in [2.24, 2.45) is 0 Å². The second-order valence-corrected chi connectivity index (χ2v) is 3.96. The molecule has 0 aliphatic carbocycles. The van der Waals surface area contributed by atoms with Crippen LogP contribution in [0.15, 0.2) is 39.5 Å². The van der Waals surface area contributed by atoms with E-state index in [0.717, 1.165) is 24.6 Å². The number of rotatable bonds is 5. The number of hydrogen-bond acceptors (Lipinski definition) is 3. The molecule has 1 aromatic carbocycles. The van der Waals surface area contributed by atoms with E-state index in [1.54, 1.807) is 12.1 Å². The van der Waals surface area contributed by atoms with Crippen molar-refractivity contribution < 1.29 is 9.15 Å². The highest BCUT2D eigenvalue weighted by atomic mass is 16.5. The molecule has 0 amide bonds. The summed E-state index contributed by atoms with van der Waals surface area (Å²) in [5.74, 6) is 3.30. The molecular weight excluding hydrogens is 228 g/mol. The van der Waals surface area contributed by atoms with Crippen molar-refractivity contribution >= 4 is 11.0 Å². The number of fused-ring (bicyclic) bond motifs is 1. The number of unbranched alkanes of at least 4 members (excludes halogenated alkanes) is 2. The van der Waals surface area contributed by atoms with Crippen LogP contribution in [0.5, 0.6) is 5.75 Å². The van der Waals surface area contributed by atoms with E-state index in [0.29, 0.717) is 17.9 Å². The zero-order valence-corrected chi connectivity index (χ0v) is 10.0. The standard InChI is InChI=1S/C15H14O3/c1-2-3-4-5-10-17-13-8-6-12-7-9-15(16)18-14(12)11-13/h1,6-9,11H,3-5,10H2. The van der Waals surface area contributed by atoms with E-state index in [1.807, 2.05) is 12.1 Å². The lowest BCUT2D eigenvalue weighted by Gasteiger charge is -2.05. The zero-order valence-electron chi connectivity index (χ0n) is 10.0. The van der Waals surface area contributed by atoms with Gasteiger partial charge in [0.25, 0.3) is 0 Å². The van der Waals surface area contributed by atoms with Gasteiger partial charge in [0.2, 0.25) is 0 Å². The zero-order chi connectivity index (χ0) is 12.8. The Kier molecular flexibility index (Phi) is 4.03. The van der Waals surface area contributed by atoms with Crippen LogP contribution in [-0.4, -0.2) is 6.61 Å². The molecule has 0 bridgehead atoms. The van der Waals surface area contributed by atoms with Gasteiger partial charge in [-0.25, -0.2) is 4.79 Å². The lowest BCUT2D eigenvalue weighted by molar-refractivity contribution is 0.307. The number of terminal acetylenes is 1. The molecule has 0 radical (unpaired) electrons. The summed E-state index contributed by atoms with van der Waals surface area (Å²) < 4.78 is 10.7. The van der Waals surface area contributed by atoms with Crippen LogP contribution in [0.2, 0.25) is 0 Å². The highest BCUT2D eigenvalue weighted by Crippen LogP contribution is 2.19. The molecule has 2 rings (SSSR count). The molecule has 0 atom stereocenters. The minimum atomic E-state index is -0.353. The van der Waals surface area contributed by atoms with Crippen molar-refractivity contribution in [1.82, 2.24) is 0 Å². The van der Waals surface area contributed by atoms with E-state index in [9.17, 15) is 4.79 Å². The largest absolute Gasteiger partial charge is 0.493 e. The lowest BCUT2D eigenvalue weighted by Crippen LogP contribution is -1.98.